The Hall–Kier alpha value is -2.71. The molecule has 8 nitrogen and oxygen atoms in total. The van der Waals surface area contributed by atoms with E-state index in [1.165, 1.54) is 16.8 Å². The number of aromatic nitrogens is 5. The van der Waals surface area contributed by atoms with Crippen LogP contribution < -0.4 is 16.8 Å². The second-order valence-corrected chi connectivity index (χ2v) is 7.40. The number of aromatic amines is 1. The summed E-state index contributed by atoms with van der Waals surface area (Å²) in [5.41, 5.74) is 0.768. The van der Waals surface area contributed by atoms with Gasteiger partial charge in [0.15, 0.2) is 0 Å². The number of nitrogens with zero attached hydrogens (tertiary/aromatic N) is 4. The Morgan fingerprint density at radius 2 is 1.75 bits per heavy atom. The molecule has 0 aliphatic rings. The Labute approximate surface area is 169 Å². The molecule has 0 bridgehead atoms. The maximum Gasteiger partial charge on any atom is 0.349 e. The lowest BCUT2D eigenvalue weighted by Gasteiger charge is -2.13. The molecule has 146 valence electrons. The minimum Gasteiger partial charge on any atom is -0.271 e. The van der Waals surface area contributed by atoms with Crippen LogP contribution in [-0.2, 0) is 13.5 Å². The molecule has 0 aliphatic carbocycles. The summed E-state index contributed by atoms with van der Waals surface area (Å²) in [7, 11) is 1.60. The molecule has 1 N–H and O–H groups in total. The van der Waals surface area contributed by atoms with Gasteiger partial charge in [-0.2, -0.15) is 14.9 Å². The average molecular weight is 422 g/mol. The summed E-state index contributed by atoms with van der Waals surface area (Å²) in [5, 5.41) is 8.69. The number of H-pyrrole nitrogens is 1. The lowest BCUT2D eigenvalue weighted by molar-refractivity contribution is 0.658. The topological polar surface area (TPSA) is 103 Å². The van der Waals surface area contributed by atoms with E-state index < -0.39 is 11.2 Å². The van der Waals surface area contributed by atoms with E-state index in [1.807, 2.05) is 13.8 Å². The van der Waals surface area contributed by atoms with E-state index >= 15 is 0 Å². The van der Waals surface area contributed by atoms with Gasteiger partial charge in [-0.25, -0.2) is 9.48 Å². The van der Waals surface area contributed by atoms with Gasteiger partial charge in [0.25, 0.3) is 11.1 Å². The highest BCUT2D eigenvalue weighted by molar-refractivity contribution is 6.36. The molecule has 0 atom stereocenters. The largest absolute Gasteiger partial charge is 0.349 e. The van der Waals surface area contributed by atoms with Gasteiger partial charge in [-0.3, -0.25) is 14.6 Å². The number of rotatable bonds is 4. The Morgan fingerprint density at radius 1 is 1.11 bits per heavy atom. The molecular formula is C18H17Cl2N5O3. The predicted octanol–water partition coefficient (Wildman–Crippen LogP) is 2.04. The molecule has 1 aromatic carbocycles. The van der Waals surface area contributed by atoms with E-state index in [1.54, 1.807) is 13.1 Å². The second-order valence-electron chi connectivity index (χ2n) is 6.59. The van der Waals surface area contributed by atoms with Gasteiger partial charge < -0.3 is 0 Å². The molecule has 0 amide bonds. The van der Waals surface area contributed by atoms with Crippen LogP contribution in [0, 0.1) is 0 Å². The lowest BCUT2D eigenvalue weighted by Crippen LogP contribution is -2.30. The van der Waals surface area contributed by atoms with Gasteiger partial charge in [-0.15, -0.1) is 0 Å². The summed E-state index contributed by atoms with van der Waals surface area (Å²) < 4.78 is 2.29. The molecule has 3 rings (SSSR count). The summed E-state index contributed by atoms with van der Waals surface area (Å²) in [4.78, 5) is 37.4. The standard InChI is InChI=1S/C18H17Cl2N5O3/c1-9(2)12-4-10(23-24(3)17(12)27)5-13-14(19)6-11(7-15(13)20)25-18(28)22-16(26)8-21-25/h4,6-9H,5H2,1-3H3,(H,22,26,28). The Morgan fingerprint density at radius 3 is 2.32 bits per heavy atom. The van der Waals surface area contributed by atoms with Crippen LogP contribution in [-0.4, -0.2) is 24.5 Å². The highest BCUT2D eigenvalue weighted by Gasteiger charge is 2.15. The first-order chi connectivity index (χ1) is 13.2. The molecule has 0 fully saturated rings. The smallest absolute Gasteiger partial charge is 0.271 e. The summed E-state index contributed by atoms with van der Waals surface area (Å²) in [6.45, 7) is 3.87. The van der Waals surface area contributed by atoms with Crippen molar-refractivity contribution in [3.63, 3.8) is 0 Å². The molecule has 0 spiro atoms. The van der Waals surface area contributed by atoms with Crippen LogP contribution >= 0.6 is 23.2 Å². The van der Waals surface area contributed by atoms with Gasteiger partial charge >= 0.3 is 5.69 Å². The molecule has 3 aromatic rings. The van der Waals surface area contributed by atoms with Crippen LogP contribution in [0.3, 0.4) is 0 Å². The number of halogens is 2. The molecular weight excluding hydrogens is 405 g/mol. The Bertz CT molecular complexity index is 1200. The van der Waals surface area contributed by atoms with Gasteiger partial charge in [0.2, 0.25) is 0 Å². The summed E-state index contributed by atoms with van der Waals surface area (Å²) in [6.07, 6.45) is 1.29. The highest BCUT2D eigenvalue weighted by atomic mass is 35.5. The molecule has 0 radical (unpaired) electrons. The molecule has 0 saturated heterocycles. The fourth-order valence-corrected chi connectivity index (χ4v) is 3.40. The molecule has 0 saturated carbocycles. The van der Waals surface area contributed by atoms with Crippen LogP contribution in [0.1, 0.15) is 36.6 Å². The maximum absolute atomic E-state index is 12.2. The fourth-order valence-electron chi connectivity index (χ4n) is 2.79. The third-order valence-electron chi connectivity index (χ3n) is 4.20. The quantitative estimate of drug-likeness (QED) is 0.693. The van der Waals surface area contributed by atoms with Crippen molar-refractivity contribution in [3.05, 3.63) is 82.5 Å². The normalized spacial score (nSPS) is 11.2. The van der Waals surface area contributed by atoms with Crippen LogP contribution in [0.4, 0.5) is 0 Å². The van der Waals surface area contributed by atoms with Crippen molar-refractivity contribution in [2.75, 3.05) is 0 Å². The molecule has 2 heterocycles. The third-order valence-corrected chi connectivity index (χ3v) is 4.88. The average Bonchev–Trinajstić information content (AvgIpc) is 2.60. The second kappa shape index (κ2) is 7.73. The zero-order chi connectivity index (χ0) is 20.6. The van der Waals surface area contributed by atoms with E-state index in [0.717, 1.165) is 10.9 Å². The number of hydrogen-bond donors (Lipinski definition) is 1. The molecule has 28 heavy (non-hydrogen) atoms. The van der Waals surface area contributed by atoms with E-state index in [4.69, 9.17) is 23.2 Å². The maximum atomic E-state index is 12.2. The minimum atomic E-state index is -0.700. The van der Waals surface area contributed by atoms with Crippen molar-refractivity contribution in [2.24, 2.45) is 7.05 Å². The fraction of sp³-hybridized carbons (Fsp3) is 0.278. The monoisotopic (exact) mass is 421 g/mol. The van der Waals surface area contributed by atoms with Crippen LogP contribution in [0.2, 0.25) is 10.0 Å². The molecule has 0 aliphatic heterocycles. The van der Waals surface area contributed by atoms with Gasteiger partial charge in [0.1, 0.15) is 6.20 Å². The van der Waals surface area contributed by atoms with E-state index in [-0.39, 0.29) is 11.5 Å². The number of aryl methyl sites for hydroxylation is 1. The SMILES string of the molecule is CC(C)c1cc(Cc2c(Cl)cc(-n3ncc(=O)[nH]c3=O)cc2Cl)nn(C)c1=O. The lowest BCUT2D eigenvalue weighted by atomic mass is 10.0. The van der Waals surface area contributed by atoms with E-state index in [0.29, 0.717) is 39.0 Å². The summed E-state index contributed by atoms with van der Waals surface area (Å²) in [5.74, 6) is 0.0481. The molecule has 10 heteroatoms. The third kappa shape index (κ3) is 3.93. The first-order valence-electron chi connectivity index (χ1n) is 8.41. The van der Waals surface area contributed by atoms with Crippen molar-refractivity contribution in [2.45, 2.75) is 26.2 Å². The van der Waals surface area contributed by atoms with Crippen molar-refractivity contribution in [3.8, 4) is 5.69 Å². The van der Waals surface area contributed by atoms with Gasteiger partial charge in [-0.05, 0) is 29.7 Å². The predicted molar refractivity (Wildman–Crippen MR) is 107 cm³/mol. The van der Waals surface area contributed by atoms with Crippen molar-refractivity contribution in [1.82, 2.24) is 24.5 Å². The van der Waals surface area contributed by atoms with Gasteiger partial charge in [0, 0.05) is 29.1 Å². The number of nitrogens with one attached hydrogen (secondary N) is 1. The van der Waals surface area contributed by atoms with Crippen molar-refractivity contribution in [1.29, 1.82) is 0 Å². The van der Waals surface area contributed by atoms with Crippen molar-refractivity contribution >= 4 is 23.2 Å². The van der Waals surface area contributed by atoms with Crippen LogP contribution in [0.15, 0.2) is 38.8 Å². The number of hydrogen-bond acceptors (Lipinski definition) is 5. The number of benzene rings is 1. The van der Waals surface area contributed by atoms with E-state index in [9.17, 15) is 14.4 Å². The first-order valence-corrected chi connectivity index (χ1v) is 9.17. The Kier molecular flexibility index (Phi) is 5.53. The zero-order valence-electron chi connectivity index (χ0n) is 15.4. The highest BCUT2D eigenvalue weighted by Crippen LogP contribution is 2.29. The van der Waals surface area contributed by atoms with Gasteiger partial charge in [-0.1, -0.05) is 37.0 Å². The zero-order valence-corrected chi connectivity index (χ0v) is 16.9. The molecule has 0 unspecified atom stereocenters. The van der Waals surface area contributed by atoms with E-state index in [2.05, 4.69) is 15.2 Å². The first kappa shape index (κ1) is 20.0. The summed E-state index contributed by atoms with van der Waals surface area (Å²) >= 11 is 12.8. The van der Waals surface area contributed by atoms with Crippen molar-refractivity contribution < 1.29 is 0 Å². The van der Waals surface area contributed by atoms with Crippen LogP contribution in [0.25, 0.3) is 5.69 Å². The van der Waals surface area contributed by atoms with Gasteiger partial charge in [0.05, 0.1) is 11.4 Å². The molecule has 2 aromatic heterocycles. The Balaban J connectivity index is 2.04. The summed E-state index contributed by atoms with van der Waals surface area (Å²) in [6, 6.07) is 4.81. The minimum absolute atomic E-state index is 0.0481. The van der Waals surface area contributed by atoms with Crippen LogP contribution in [0.5, 0.6) is 0 Å².